The lowest BCUT2D eigenvalue weighted by atomic mass is 10.1. The van der Waals surface area contributed by atoms with Gasteiger partial charge in [-0.3, -0.25) is 4.79 Å². The molecule has 0 bridgehead atoms. The van der Waals surface area contributed by atoms with Crippen molar-refractivity contribution in [3.05, 3.63) is 75.6 Å². The zero-order valence-electron chi connectivity index (χ0n) is 12.6. The lowest BCUT2D eigenvalue weighted by Gasteiger charge is -2.14. The van der Waals surface area contributed by atoms with Crippen molar-refractivity contribution in [2.45, 2.75) is 0 Å². The normalized spacial score (nSPS) is 10.9. The molecule has 0 aliphatic heterocycles. The Hall–Kier alpha value is -3.16. The van der Waals surface area contributed by atoms with E-state index in [1.165, 1.54) is 0 Å². The van der Waals surface area contributed by atoms with Gasteiger partial charge in [0.2, 0.25) is 5.43 Å². The van der Waals surface area contributed by atoms with Gasteiger partial charge in [-0.15, -0.1) is 0 Å². The Morgan fingerprint density at radius 3 is 2.32 bits per heavy atom. The monoisotopic (exact) mass is 351 g/mol. The van der Waals surface area contributed by atoms with Crippen molar-refractivity contribution in [2.75, 3.05) is 7.11 Å². The lowest BCUT2D eigenvalue weighted by Crippen LogP contribution is -2.20. The van der Waals surface area contributed by atoms with Gasteiger partial charge in [0.15, 0.2) is 11.6 Å². The molecule has 0 radical (unpaired) electrons. The minimum Gasteiger partial charge on any atom is -0.465 e. The number of esters is 1. The summed E-state index contributed by atoms with van der Waals surface area (Å²) >= 11 is 0. The number of nitrogens with zero attached hydrogens (tertiary/aromatic N) is 1. The van der Waals surface area contributed by atoms with Crippen molar-refractivity contribution in [1.29, 1.82) is 0 Å². The van der Waals surface area contributed by atoms with E-state index in [1.807, 2.05) is 0 Å². The number of aromatic nitrogens is 1. The van der Waals surface area contributed by atoms with Gasteiger partial charge in [0.05, 0.1) is 23.7 Å². The maximum atomic E-state index is 14.1. The average Bonchev–Trinajstić information content (AvgIpc) is 2.57. The number of hydrogen-bond donors (Lipinski definition) is 0. The largest absolute Gasteiger partial charge is 0.465 e. The van der Waals surface area contributed by atoms with Crippen molar-refractivity contribution in [2.24, 2.45) is 0 Å². The molecule has 3 aromatic rings. The van der Waals surface area contributed by atoms with Gasteiger partial charge in [-0.25, -0.2) is 22.4 Å². The molecule has 0 saturated carbocycles. The SMILES string of the molecule is COC(=O)c1cn(-c2ccc(F)cc2F)c2cc(F)c(F)cc2c1=O. The maximum Gasteiger partial charge on any atom is 0.343 e. The molecular formula is C17H9F4NO3. The van der Waals surface area contributed by atoms with Crippen LogP contribution in [0, 0.1) is 23.3 Å². The van der Waals surface area contributed by atoms with Crippen molar-refractivity contribution >= 4 is 16.9 Å². The first kappa shape index (κ1) is 16.7. The van der Waals surface area contributed by atoms with Gasteiger partial charge >= 0.3 is 5.97 Å². The fraction of sp³-hybridized carbons (Fsp3) is 0.0588. The van der Waals surface area contributed by atoms with Crippen LogP contribution < -0.4 is 5.43 Å². The van der Waals surface area contributed by atoms with Crippen LogP contribution in [0.5, 0.6) is 0 Å². The smallest absolute Gasteiger partial charge is 0.343 e. The highest BCUT2D eigenvalue weighted by Crippen LogP contribution is 2.23. The van der Waals surface area contributed by atoms with Crippen LogP contribution in [0.25, 0.3) is 16.6 Å². The minimum atomic E-state index is -1.31. The van der Waals surface area contributed by atoms with Crippen LogP contribution >= 0.6 is 0 Å². The Morgan fingerprint density at radius 1 is 1.00 bits per heavy atom. The number of fused-ring (bicyclic) bond motifs is 1. The minimum absolute atomic E-state index is 0.193. The summed E-state index contributed by atoms with van der Waals surface area (Å²) in [6.07, 6.45) is 0.935. The van der Waals surface area contributed by atoms with Crippen molar-refractivity contribution in [3.63, 3.8) is 0 Å². The zero-order valence-corrected chi connectivity index (χ0v) is 12.6. The Bertz CT molecular complexity index is 1080. The number of halogens is 4. The Balaban J connectivity index is 2.48. The van der Waals surface area contributed by atoms with Gasteiger partial charge < -0.3 is 9.30 Å². The van der Waals surface area contributed by atoms with Crippen LogP contribution in [0.2, 0.25) is 0 Å². The summed E-state index contributed by atoms with van der Waals surface area (Å²) in [7, 11) is 1.03. The van der Waals surface area contributed by atoms with Crippen LogP contribution in [0.3, 0.4) is 0 Å². The van der Waals surface area contributed by atoms with Gasteiger partial charge in [0.1, 0.15) is 17.2 Å². The molecule has 0 N–H and O–H groups in total. The van der Waals surface area contributed by atoms with E-state index in [4.69, 9.17) is 0 Å². The molecule has 1 heterocycles. The lowest BCUT2D eigenvalue weighted by molar-refractivity contribution is 0.0599. The van der Waals surface area contributed by atoms with E-state index < -0.39 is 40.2 Å². The Kier molecular flexibility index (Phi) is 4.03. The molecule has 4 nitrogen and oxygen atoms in total. The molecule has 1 aromatic heterocycles. The first-order chi connectivity index (χ1) is 11.8. The van der Waals surface area contributed by atoms with Crippen LogP contribution in [-0.2, 0) is 4.74 Å². The quantitative estimate of drug-likeness (QED) is 0.526. The molecule has 0 atom stereocenters. The van der Waals surface area contributed by atoms with E-state index in [1.54, 1.807) is 0 Å². The third-order valence-corrected chi connectivity index (χ3v) is 3.62. The van der Waals surface area contributed by atoms with E-state index in [0.29, 0.717) is 18.2 Å². The second-order valence-electron chi connectivity index (χ2n) is 5.11. The number of rotatable bonds is 2. The molecule has 128 valence electrons. The summed E-state index contributed by atoms with van der Waals surface area (Å²) in [4.78, 5) is 24.2. The molecule has 0 spiro atoms. The van der Waals surface area contributed by atoms with Crippen LogP contribution in [0.1, 0.15) is 10.4 Å². The third kappa shape index (κ3) is 2.75. The van der Waals surface area contributed by atoms with Gasteiger partial charge in [-0.05, 0) is 18.2 Å². The van der Waals surface area contributed by atoms with Gasteiger partial charge in [-0.1, -0.05) is 0 Å². The van der Waals surface area contributed by atoms with E-state index in [0.717, 1.165) is 30.0 Å². The second kappa shape index (κ2) is 6.04. The van der Waals surface area contributed by atoms with E-state index in [-0.39, 0.29) is 16.6 Å². The molecule has 25 heavy (non-hydrogen) atoms. The molecule has 0 aliphatic rings. The van der Waals surface area contributed by atoms with Crippen molar-refractivity contribution < 1.29 is 27.1 Å². The van der Waals surface area contributed by atoms with Crippen LogP contribution in [-0.4, -0.2) is 17.6 Å². The maximum absolute atomic E-state index is 14.1. The summed E-state index contributed by atoms with van der Waals surface area (Å²) < 4.78 is 59.9. The Morgan fingerprint density at radius 2 is 1.68 bits per heavy atom. The molecule has 8 heteroatoms. The Labute approximate surface area is 137 Å². The third-order valence-electron chi connectivity index (χ3n) is 3.62. The predicted octanol–water partition coefficient (Wildman–Crippen LogP) is 3.33. The summed E-state index contributed by atoms with van der Waals surface area (Å²) in [5.74, 6) is -5.48. The van der Waals surface area contributed by atoms with Crippen molar-refractivity contribution in [3.8, 4) is 5.69 Å². The highest BCUT2D eigenvalue weighted by Gasteiger charge is 2.20. The van der Waals surface area contributed by atoms with Gasteiger partial charge in [0.25, 0.3) is 0 Å². The molecule has 0 saturated heterocycles. The first-order valence-corrected chi connectivity index (χ1v) is 6.91. The number of hydrogen-bond acceptors (Lipinski definition) is 3. The highest BCUT2D eigenvalue weighted by atomic mass is 19.2. The van der Waals surface area contributed by atoms with E-state index in [2.05, 4.69) is 4.74 Å². The topological polar surface area (TPSA) is 48.3 Å². The molecule has 3 rings (SSSR count). The number of pyridine rings is 1. The standard InChI is InChI=1S/C17H9F4NO3/c1-25-17(24)10-7-22(14-3-2-8(18)4-13(14)21)15-6-12(20)11(19)5-9(15)16(10)23/h2-7H,1H3. The molecule has 0 aliphatic carbocycles. The molecule has 2 aromatic carbocycles. The second-order valence-corrected chi connectivity index (χ2v) is 5.11. The fourth-order valence-corrected chi connectivity index (χ4v) is 2.45. The predicted molar refractivity (Wildman–Crippen MR) is 80.7 cm³/mol. The average molecular weight is 351 g/mol. The molecule has 0 unspecified atom stereocenters. The van der Waals surface area contributed by atoms with Crippen molar-refractivity contribution in [1.82, 2.24) is 4.57 Å². The highest BCUT2D eigenvalue weighted by molar-refractivity contribution is 5.94. The van der Waals surface area contributed by atoms with Crippen LogP contribution in [0.15, 0.2) is 41.3 Å². The molecule has 0 amide bonds. The van der Waals surface area contributed by atoms with E-state index in [9.17, 15) is 27.2 Å². The summed E-state index contributed by atoms with van der Waals surface area (Å²) in [6.45, 7) is 0. The number of ether oxygens (including phenoxy) is 1. The number of carbonyl (C=O) groups is 1. The van der Waals surface area contributed by atoms with Gasteiger partial charge in [-0.2, -0.15) is 0 Å². The van der Waals surface area contributed by atoms with Crippen LogP contribution in [0.4, 0.5) is 17.6 Å². The number of benzene rings is 2. The zero-order chi connectivity index (χ0) is 18.3. The summed E-state index contributed by atoms with van der Waals surface area (Å²) in [6, 6.07) is 3.86. The molecular weight excluding hydrogens is 342 g/mol. The number of carbonyl (C=O) groups excluding carboxylic acids is 1. The summed E-state index contributed by atoms with van der Waals surface area (Å²) in [5.41, 5.74) is -1.87. The summed E-state index contributed by atoms with van der Waals surface area (Å²) in [5, 5.41) is -0.356. The fourth-order valence-electron chi connectivity index (χ4n) is 2.45. The van der Waals surface area contributed by atoms with Gasteiger partial charge in [0, 0.05) is 18.3 Å². The molecule has 0 fully saturated rings. The van der Waals surface area contributed by atoms with E-state index >= 15 is 0 Å². The number of methoxy groups -OCH3 is 1. The first-order valence-electron chi connectivity index (χ1n) is 6.91.